The minimum atomic E-state index is -3.80. The van der Waals surface area contributed by atoms with E-state index in [2.05, 4.69) is 12.1 Å². The second-order valence-corrected chi connectivity index (χ2v) is 13.3. The summed E-state index contributed by atoms with van der Waals surface area (Å²) in [6.07, 6.45) is 0. The van der Waals surface area contributed by atoms with E-state index in [1.807, 2.05) is 12.1 Å². The number of nitrogens with zero attached hydrogens (tertiary/aromatic N) is 3. The fourth-order valence-electron chi connectivity index (χ4n) is 3.16. The van der Waals surface area contributed by atoms with E-state index in [-0.39, 0.29) is 0 Å². The van der Waals surface area contributed by atoms with Crippen LogP contribution in [0.5, 0.6) is 11.5 Å². The fourth-order valence-corrected chi connectivity index (χ4v) is 11.5. The lowest BCUT2D eigenvalue weighted by Crippen LogP contribution is -2.13. The zero-order chi connectivity index (χ0) is 23.5. The van der Waals surface area contributed by atoms with E-state index < -0.39 is 27.5 Å². The van der Waals surface area contributed by atoms with Crippen molar-refractivity contribution in [2.45, 2.75) is 9.79 Å². The van der Waals surface area contributed by atoms with Crippen molar-refractivity contribution in [1.82, 2.24) is 0 Å². The van der Waals surface area contributed by atoms with E-state index in [9.17, 15) is 8.42 Å². The van der Waals surface area contributed by atoms with Gasteiger partial charge in [0.2, 0.25) is 0 Å². The molecule has 0 radical (unpaired) electrons. The van der Waals surface area contributed by atoms with Crippen LogP contribution >= 0.6 is 7.66 Å². The van der Waals surface area contributed by atoms with Crippen LogP contribution in [0.15, 0.2) is 143 Å². The molecule has 0 bridgehead atoms. The molecule has 4 aromatic carbocycles. The number of rotatable bonds is 6. The summed E-state index contributed by atoms with van der Waals surface area (Å²) < 4.78 is 54.3. The van der Waals surface area contributed by atoms with Crippen LogP contribution in [-0.4, -0.2) is 8.42 Å². The smallest absolute Gasteiger partial charge is 0.413 e. The maximum absolute atomic E-state index is 14.3. The van der Waals surface area contributed by atoms with Crippen LogP contribution in [-0.2, 0) is 19.8 Å². The van der Waals surface area contributed by atoms with Crippen molar-refractivity contribution in [3.63, 3.8) is 0 Å². The molecule has 1 aliphatic rings. The SMILES string of the molecule is O=[S@@]1(c2ccccc2)=NP(Oc2ccccc2)(Oc2ccccc2)=N[S@@](=O)(c2ccccc2)=N1. The summed E-state index contributed by atoms with van der Waals surface area (Å²) in [6.45, 7) is 0. The van der Waals surface area contributed by atoms with Crippen molar-refractivity contribution in [1.29, 1.82) is 0 Å². The van der Waals surface area contributed by atoms with Crippen LogP contribution in [0, 0.1) is 0 Å². The molecule has 0 aromatic heterocycles. The van der Waals surface area contributed by atoms with Crippen molar-refractivity contribution < 1.29 is 17.5 Å². The second kappa shape index (κ2) is 9.10. The summed E-state index contributed by atoms with van der Waals surface area (Å²) in [7, 11) is -11.0. The van der Waals surface area contributed by atoms with Gasteiger partial charge in [0.15, 0.2) is 19.8 Å². The standard InChI is InChI=1S/C24H20N3O4PS2/c28-33(23-17-9-3-10-18-23)25-32(30-21-13-5-1-6-14-21,31-22-15-7-2-8-16-22)26-34(29,27-33)24-19-11-4-12-20-24/h1-20H/t33-,34-/m0/s1. The summed E-state index contributed by atoms with van der Waals surface area (Å²) in [5.41, 5.74) is 0. The van der Waals surface area contributed by atoms with Crippen LogP contribution in [0.2, 0.25) is 0 Å². The summed E-state index contributed by atoms with van der Waals surface area (Å²) in [6, 6.07) is 34.6. The summed E-state index contributed by atoms with van der Waals surface area (Å²) in [4.78, 5) is 0.595. The maximum Gasteiger partial charge on any atom is 0.469 e. The van der Waals surface area contributed by atoms with Gasteiger partial charge in [-0.1, -0.05) is 84.8 Å². The minimum absolute atomic E-state index is 0.297. The molecule has 1 aliphatic heterocycles. The molecule has 0 saturated heterocycles. The molecule has 0 spiro atoms. The second-order valence-electron chi connectivity index (χ2n) is 7.16. The van der Waals surface area contributed by atoms with Gasteiger partial charge in [0.25, 0.3) is 0 Å². The summed E-state index contributed by atoms with van der Waals surface area (Å²) in [5, 5.41) is 0. The van der Waals surface area contributed by atoms with Gasteiger partial charge in [0.1, 0.15) is 11.5 Å². The van der Waals surface area contributed by atoms with Gasteiger partial charge in [-0.05, 0) is 48.5 Å². The first-order chi connectivity index (χ1) is 16.5. The molecule has 34 heavy (non-hydrogen) atoms. The molecular formula is C24H20N3O4PS2. The van der Waals surface area contributed by atoms with E-state index in [0.29, 0.717) is 21.3 Å². The Bertz CT molecular complexity index is 1500. The lowest BCUT2D eigenvalue weighted by molar-refractivity contribution is 0.477. The Morgan fingerprint density at radius 1 is 0.529 bits per heavy atom. The van der Waals surface area contributed by atoms with Crippen molar-refractivity contribution in [2.24, 2.45) is 12.1 Å². The fraction of sp³-hybridized carbons (Fsp3) is 0. The van der Waals surface area contributed by atoms with Crippen LogP contribution in [0.1, 0.15) is 0 Å². The molecule has 0 fully saturated rings. The molecule has 0 unspecified atom stereocenters. The van der Waals surface area contributed by atoms with Gasteiger partial charge in [-0.15, -0.1) is 0 Å². The quantitative estimate of drug-likeness (QED) is 0.262. The first kappa shape index (κ1) is 22.4. The van der Waals surface area contributed by atoms with Gasteiger partial charge in [0, 0.05) is 0 Å². The largest absolute Gasteiger partial charge is 0.469 e. The van der Waals surface area contributed by atoms with E-state index in [1.165, 1.54) is 0 Å². The number of hydrogen-bond donors (Lipinski definition) is 0. The Balaban J connectivity index is 1.83. The molecule has 4 aromatic rings. The van der Waals surface area contributed by atoms with Crippen molar-refractivity contribution in [3.05, 3.63) is 121 Å². The zero-order valence-corrected chi connectivity index (χ0v) is 20.3. The first-order valence-electron chi connectivity index (χ1n) is 10.3. The predicted molar refractivity (Wildman–Crippen MR) is 134 cm³/mol. The monoisotopic (exact) mass is 509 g/mol. The van der Waals surface area contributed by atoms with Crippen LogP contribution < -0.4 is 9.05 Å². The Labute approximate surface area is 199 Å². The topological polar surface area (TPSA) is 89.7 Å². The molecule has 1 heterocycles. The van der Waals surface area contributed by atoms with Gasteiger partial charge in [0.05, 0.1) is 9.79 Å². The van der Waals surface area contributed by atoms with Crippen LogP contribution in [0.25, 0.3) is 0 Å². The first-order valence-corrected chi connectivity index (χ1v) is 14.8. The van der Waals surface area contributed by atoms with Crippen molar-refractivity contribution in [3.8, 4) is 11.5 Å². The molecule has 0 N–H and O–H groups in total. The highest BCUT2D eigenvalue weighted by Gasteiger charge is 2.38. The zero-order valence-electron chi connectivity index (χ0n) is 17.8. The molecule has 0 aliphatic carbocycles. The van der Waals surface area contributed by atoms with Gasteiger partial charge in [-0.2, -0.15) is 0 Å². The minimum Gasteiger partial charge on any atom is -0.413 e. The Morgan fingerprint density at radius 3 is 1.35 bits per heavy atom. The van der Waals surface area contributed by atoms with E-state index >= 15 is 0 Å². The molecular weight excluding hydrogens is 489 g/mol. The molecule has 2 atom stereocenters. The highest BCUT2D eigenvalue weighted by molar-refractivity contribution is 8.08. The van der Waals surface area contributed by atoms with Crippen molar-refractivity contribution >= 4 is 27.5 Å². The number of benzene rings is 4. The predicted octanol–water partition coefficient (Wildman–Crippen LogP) is 6.99. The molecule has 0 saturated carbocycles. The highest BCUT2D eigenvalue weighted by Crippen LogP contribution is 2.58. The number of hydrogen-bond acceptors (Lipinski definition) is 5. The summed E-state index contributed by atoms with van der Waals surface area (Å²) in [5.74, 6) is 0.788. The van der Waals surface area contributed by atoms with Crippen LogP contribution in [0.4, 0.5) is 0 Å². The molecule has 7 nitrogen and oxygen atoms in total. The maximum atomic E-state index is 14.3. The molecule has 5 rings (SSSR count). The third-order valence-corrected chi connectivity index (χ3v) is 12.4. The molecule has 10 heteroatoms. The normalized spacial score (nSPS) is 22.9. The molecule has 172 valence electrons. The average Bonchev–Trinajstić information content (AvgIpc) is 2.86. The Morgan fingerprint density at radius 2 is 0.912 bits per heavy atom. The third kappa shape index (κ3) is 4.63. The van der Waals surface area contributed by atoms with Crippen molar-refractivity contribution in [2.75, 3.05) is 0 Å². The third-order valence-electron chi connectivity index (χ3n) is 4.67. The van der Waals surface area contributed by atoms with E-state index in [1.54, 1.807) is 109 Å². The van der Waals surface area contributed by atoms with Crippen LogP contribution in [0.3, 0.4) is 0 Å². The van der Waals surface area contributed by atoms with Gasteiger partial charge < -0.3 is 9.05 Å². The Hall–Kier alpha value is -3.39. The molecule has 0 amide bonds. The summed E-state index contributed by atoms with van der Waals surface area (Å²) >= 11 is 0. The lowest BCUT2D eigenvalue weighted by atomic mass is 10.3. The number of para-hydroxylation sites is 2. The van der Waals surface area contributed by atoms with Gasteiger partial charge in [-0.25, -0.2) is 8.42 Å². The lowest BCUT2D eigenvalue weighted by Gasteiger charge is -2.25. The Kier molecular flexibility index (Phi) is 6.00. The van der Waals surface area contributed by atoms with E-state index in [0.717, 1.165) is 0 Å². The average molecular weight is 510 g/mol. The van der Waals surface area contributed by atoms with Gasteiger partial charge >= 0.3 is 7.66 Å². The van der Waals surface area contributed by atoms with Gasteiger partial charge in [-0.3, -0.25) is 0 Å². The van der Waals surface area contributed by atoms with E-state index in [4.69, 9.17) is 9.05 Å². The highest BCUT2D eigenvalue weighted by atomic mass is 32.3.